The smallest absolute Gasteiger partial charge is 0.309 e. The number of halogens is 2. The van der Waals surface area contributed by atoms with Gasteiger partial charge < -0.3 is 9.84 Å². The second-order valence-electron chi connectivity index (χ2n) is 2.81. The second-order valence-corrected chi connectivity index (χ2v) is 2.81. The summed E-state index contributed by atoms with van der Waals surface area (Å²) in [6, 6.07) is 2.14. The predicted molar refractivity (Wildman–Crippen MR) is 47.1 cm³/mol. The highest BCUT2D eigenvalue weighted by Gasteiger charge is 2.12. The first-order valence-electron chi connectivity index (χ1n) is 4.07. The molecule has 15 heavy (non-hydrogen) atoms. The van der Waals surface area contributed by atoms with E-state index in [9.17, 15) is 13.6 Å². The van der Waals surface area contributed by atoms with Gasteiger partial charge in [-0.15, -0.1) is 0 Å². The molecule has 1 N–H and O–H groups in total. The molecule has 0 aliphatic heterocycles. The molecule has 0 bridgehead atoms. The maximum Gasteiger partial charge on any atom is 0.309 e. The highest BCUT2D eigenvalue weighted by Crippen LogP contribution is 2.23. The molecule has 0 aliphatic carbocycles. The van der Waals surface area contributed by atoms with Gasteiger partial charge in [-0.3, -0.25) is 4.79 Å². The Kier molecular flexibility index (Phi) is 3.54. The maximum atomic E-state index is 12.4. The Bertz CT molecular complexity index is 368. The van der Waals surface area contributed by atoms with Gasteiger partial charge in [0.05, 0.1) is 19.2 Å². The van der Waals surface area contributed by atoms with Crippen LogP contribution in [0.2, 0.25) is 0 Å². The van der Waals surface area contributed by atoms with Crippen LogP contribution in [0.15, 0.2) is 12.1 Å². The largest absolute Gasteiger partial charge is 0.481 e. The summed E-state index contributed by atoms with van der Waals surface area (Å²) in [5.41, 5.74) is -0.241. The van der Waals surface area contributed by atoms with E-state index in [0.717, 1.165) is 12.1 Å². The van der Waals surface area contributed by atoms with Gasteiger partial charge in [0, 0.05) is 11.6 Å². The molecule has 0 unspecified atom stereocenters. The Morgan fingerprint density at radius 2 is 2.27 bits per heavy atom. The predicted octanol–water partition coefficient (Wildman–Crippen LogP) is 1.65. The van der Waals surface area contributed by atoms with Crippen LogP contribution >= 0.6 is 0 Å². The summed E-state index contributed by atoms with van der Waals surface area (Å²) in [5.74, 6) is -1.14. The Morgan fingerprint density at radius 1 is 1.60 bits per heavy atom. The van der Waals surface area contributed by atoms with Crippen molar-refractivity contribution in [3.05, 3.63) is 23.4 Å². The summed E-state index contributed by atoms with van der Waals surface area (Å²) in [6.45, 7) is 0. The van der Waals surface area contributed by atoms with Gasteiger partial charge in [0.2, 0.25) is 5.88 Å². The maximum absolute atomic E-state index is 12.4. The van der Waals surface area contributed by atoms with Crippen LogP contribution in [-0.4, -0.2) is 23.2 Å². The molecule has 1 heterocycles. The van der Waals surface area contributed by atoms with E-state index in [1.165, 1.54) is 7.11 Å². The van der Waals surface area contributed by atoms with Crippen LogP contribution in [0.25, 0.3) is 0 Å². The van der Waals surface area contributed by atoms with E-state index in [4.69, 9.17) is 5.11 Å². The third-order valence-electron chi connectivity index (χ3n) is 1.67. The van der Waals surface area contributed by atoms with Crippen LogP contribution in [0.5, 0.6) is 5.88 Å². The third-order valence-corrected chi connectivity index (χ3v) is 1.67. The third kappa shape index (κ3) is 3.16. The first-order chi connectivity index (χ1) is 7.02. The Hall–Kier alpha value is -1.72. The average molecular weight is 217 g/mol. The molecule has 0 aromatic carbocycles. The van der Waals surface area contributed by atoms with Crippen LogP contribution in [0.4, 0.5) is 8.78 Å². The van der Waals surface area contributed by atoms with Crippen LogP contribution in [0.1, 0.15) is 17.7 Å². The van der Waals surface area contributed by atoms with E-state index in [1.807, 2.05) is 0 Å². The van der Waals surface area contributed by atoms with E-state index < -0.39 is 18.8 Å². The molecule has 0 fully saturated rings. The molecule has 0 saturated heterocycles. The minimum atomic E-state index is -2.67. The molecule has 6 heteroatoms. The fraction of sp³-hybridized carbons (Fsp3) is 0.333. The molecule has 82 valence electrons. The lowest BCUT2D eigenvalue weighted by molar-refractivity contribution is -0.136. The van der Waals surface area contributed by atoms with E-state index in [1.54, 1.807) is 0 Å². The van der Waals surface area contributed by atoms with Crippen LogP contribution in [-0.2, 0) is 11.2 Å². The molecular weight excluding hydrogens is 208 g/mol. The summed E-state index contributed by atoms with van der Waals surface area (Å²) in [6.07, 6.45) is -3.08. The van der Waals surface area contributed by atoms with Gasteiger partial charge in [-0.1, -0.05) is 0 Å². The molecule has 0 spiro atoms. The number of nitrogens with zero attached hydrogens (tertiary/aromatic N) is 1. The summed E-state index contributed by atoms with van der Waals surface area (Å²) in [4.78, 5) is 14.1. The number of aliphatic carboxylic acids is 1. The molecule has 0 aliphatic rings. The average Bonchev–Trinajstić information content (AvgIpc) is 2.16. The van der Waals surface area contributed by atoms with Crippen molar-refractivity contribution in [2.45, 2.75) is 12.8 Å². The van der Waals surface area contributed by atoms with Crippen LogP contribution in [0, 0.1) is 0 Å². The lowest BCUT2D eigenvalue weighted by Crippen LogP contribution is -2.04. The summed E-state index contributed by atoms with van der Waals surface area (Å²) < 4.78 is 29.4. The number of methoxy groups -OCH3 is 1. The monoisotopic (exact) mass is 217 g/mol. The van der Waals surface area contributed by atoms with Gasteiger partial charge in [0.25, 0.3) is 6.43 Å². The highest BCUT2D eigenvalue weighted by atomic mass is 19.3. The van der Waals surface area contributed by atoms with Crippen LogP contribution in [0.3, 0.4) is 0 Å². The van der Waals surface area contributed by atoms with E-state index >= 15 is 0 Å². The molecule has 1 rings (SSSR count). The lowest BCUT2D eigenvalue weighted by atomic mass is 10.2. The van der Waals surface area contributed by atoms with Crippen molar-refractivity contribution in [1.82, 2.24) is 4.98 Å². The van der Waals surface area contributed by atoms with Crippen molar-refractivity contribution >= 4 is 5.97 Å². The topological polar surface area (TPSA) is 59.4 Å². The van der Waals surface area contributed by atoms with Crippen molar-refractivity contribution < 1.29 is 23.4 Å². The molecule has 4 nitrogen and oxygen atoms in total. The highest BCUT2D eigenvalue weighted by molar-refractivity contribution is 5.69. The zero-order valence-corrected chi connectivity index (χ0v) is 7.91. The van der Waals surface area contributed by atoms with Crippen LogP contribution < -0.4 is 4.74 Å². The summed E-state index contributed by atoms with van der Waals surface area (Å²) in [7, 11) is 1.28. The zero-order valence-electron chi connectivity index (χ0n) is 7.91. The number of pyridine rings is 1. The fourth-order valence-corrected chi connectivity index (χ4v) is 1.06. The lowest BCUT2D eigenvalue weighted by Gasteiger charge is -2.05. The molecule has 1 aromatic heterocycles. The van der Waals surface area contributed by atoms with Gasteiger partial charge in [-0.2, -0.15) is 0 Å². The van der Waals surface area contributed by atoms with E-state index in [-0.39, 0.29) is 17.1 Å². The fourth-order valence-electron chi connectivity index (χ4n) is 1.06. The van der Waals surface area contributed by atoms with Crippen molar-refractivity contribution in [3.8, 4) is 5.88 Å². The van der Waals surface area contributed by atoms with Gasteiger partial charge in [0.1, 0.15) is 0 Å². The van der Waals surface area contributed by atoms with Gasteiger partial charge in [0.15, 0.2) is 0 Å². The number of hydrogen-bond acceptors (Lipinski definition) is 3. The quantitative estimate of drug-likeness (QED) is 0.833. The molecule has 1 aromatic rings. The van der Waals surface area contributed by atoms with Crippen molar-refractivity contribution in [2.75, 3.05) is 7.11 Å². The number of alkyl halides is 2. The number of carboxylic acids is 1. The van der Waals surface area contributed by atoms with Gasteiger partial charge in [-0.25, -0.2) is 13.8 Å². The van der Waals surface area contributed by atoms with Gasteiger partial charge in [-0.05, 0) is 6.07 Å². The Morgan fingerprint density at radius 3 is 2.73 bits per heavy atom. The second kappa shape index (κ2) is 4.68. The number of rotatable bonds is 4. The van der Waals surface area contributed by atoms with E-state index in [0.29, 0.717) is 0 Å². The summed E-state index contributed by atoms with van der Waals surface area (Å²) in [5, 5.41) is 8.49. The molecule has 0 radical (unpaired) electrons. The molecule has 0 atom stereocenters. The van der Waals surface area contributed by atoms with E-state index in [2.05, 4.69) is 9.72 Å². The van der Waals surface area contributed by atoms with Crippen molar-refractivity contribution in [2.24, 2.45) is 0 Å². The minimum absolute atomic E-state index is 0.0101. The Balaban J connectivity index is 3.05. The first kappa shape index (κ1) is 11.4. The number of hydrogen-bond donors (Lipinski definition) is 1. The number of aromatic nitrogens is 1. The first-order valence-corrected chi connectivity index (χ1v) is 4.07. The SMILES string of the molecule is COc1cc(C(F)F)cc(CC(=O)O)n1. The number of carbonyl (C=O) groups is 1. The molecule has 0 saturated carbocycles. The van der Waals surface area contributed by atoms with Gasteiger partial charge >= 0.3 is 5.97 Å². The minimum Gasteiger partial charge on any atom is -0.481 e. The summed E-state index contributed by atoms with van der Waals surface area (Å²) >= 11 is 0. The molecule has 0 amide bonds. The standard InChI is InChI=1S/C9H9F2NO3/c1-15-7-3-5(9(10)11)2-6(12-7)4-8(13)14/h2-3,9H,4H2,1H3,(H,13,14). The number of ether oxygens (including phenoxy) is 1. The zero-order chi connectivity index (χ0) is 11.4. The number of carboxylic acid groups (broad SMARTS) is 1. The molecular formula is C9H9F2NO3. The Labute approximate surface area is 84.5 Å². The van der Waals surface area contributed by atoms with Crippen molar-refractivity contribution in [3.63, 3.8) is 0 Å². The van der Waals surface area contributed by atoms with Crippen molar-refractivity contribution in [1.29, 1.82) is 0 Å². The normalized spacial score (nSPS) is 10.4.